The van der Waals surface area contributed by atoms with E-state index in [1.165, 1.54) is 17.0 Å². The van der Waals surface area contributed by atoms with Crippen LogP contribution in [0.4, 0.5) is 4.39 Å². The summed E-state index contributed by atoms with van der Waals surface area (Å²) in [6.45, 7) is 1.89. The predicted molar refractivity (Wildman–Crippen MR) is 130 cm³/mol. The maximum atomic E-state index is 13.8. The molecule has 0 spiro atoms. The van der Waals surface area contributed by atoms with Gasteiger partial charge in [0.1, 0.15) is 11.6 Å². The highest BCUT2D eigenvalue weighted by Crippen LogP contribution is 2.42. The number of nitrogens with zero attached hydrogens (tertiary/aromatic N) is 3. The average molecular weight is 482 g/mol. The van der Waals surface area contributed by atoms with Crippen LogP contribution in [0.1, 0.15) is 36.3 Å². The number of imide groups is 1. The number of carbonyl (C=O) groups is 3. The van der Waals surface area contributed by atoms with E-state index in [9.17, 15) is 18.8 Å². The molecule has 2 saturated heterocycles. The van der Waals surface area contributed by atoms with Crippen molar-refractivity contribution >= 4 is 17.7 Å². The zero-order valence-corrected chi connectivity index (χ0v) is 20.5. The summed E-state index contributed by atoms with van der Waals surface area (Å²) < 4.78 is 18.7. The standard InChI is InChI=1S/C27H32FN3O4/c1-29(2)13-14-31-25(33)17-27(26(31)34,21-5-4-6-23(15-21)35-3)16-24(32)30-12-11-20(18-30)19-7-9-22(28)10-8-19/h4-10,15,20H,11-14,16-18H2,1-3H3/t20-,27+/m0/s1. The maximum Gasteiger partial charge on any atom is 0.240 e. The van der Waals surface area contributed by atoms with Crippen molar-refractivity contribution < 1.29 is 23.5 Å². The predicted octanol–water partition coefficient (Wildman–Crippen LogP) is 2.80. The van der Waals surface area contributed by atoms with Gasteiger partial charge >= 0.3 is 0 Å². The van der Waals surface area contributed by atoms with Crippen LogP contribution >= 0.6 is 0 Å². The Bertz CT molecular complexity index is 1100. The van der Waals surface area contributed by atoms with Gasteiger partial charge in [-0.15, -0.1) is 0 Å². The summed E-state index contributed by atoms with van der Waals surface area (Å²) in [7, 11) is 5.31. The summed E-state index contributed by atoms with van der Waals surface area (Å²) in [5, 5.41) is 0. The molecule has 8 heteroatoms. The van der Waals surface area contributed by atoms with Crippen molar-refractivity contribution in [1.82, 2.24) is 14.7 Å². The van der Waals surface area contributed by atoms with Crippen LogP contribution in [0, 0.1) is 5.82 Å². The third-order valence-electron chi connectivity index (χ3n) is 7.14. The minimum absolute atomic E-state index is 0.0482. The van der Waals surface area contributed by atoms with E-state index in [0.29, 0.717) is 30.9 Å². The summed E-state index contributed by atoms with van der Waals surface area (Å²) in [6, 6.07) is 13.5. The summed E-state index contributed by atoms with van der Waals surface area (Å²) >= 11 is 0. The third-order valence-corrected chi connectivity index (χ3v) is 7.14. The van der Waals surface area contributed by atoms with Gasteiger partial charge in [-0.05, 0) is 55.9 Å². The topological polar surface area (TPSA) is 70.2 Å². The molecule has 2 aliphatic heterocycles. The Kier molecular flexibility index (Phi) is 7.21. The van der Waals surface area contributed by atoms with E-state index in [1.54, 1.807) is 48.4 Å². The molecule has 0 aromatic heterocycles. The number of hydrogen-bond donors (Lipinski definition) is 0. The molecule has 2 fully saturated rings. The second kappa shape index (κ2) is 10.2. The molecular formula is C27H32FN3O4. The molecule has 0 aliphatic carbocycles. The van der Waals surface area contributed by atoms with Crippen molar-refractivity contribution in [3.8, 4) is 5.75 Å². The Morgan fingerprint density at radius 2 is 1.91 bits per heavy atom. The number of carbonyl (C=O) groups excluding carboxylic acids is 3. The highest BCUT2D eigenvalue weighted by Gasteiger charge is 2.54. The van der Waals surface area contributed by atoms with Gasteiger partial charge < -0.3 is 14.5 Å². The van der Waals surface area contributed by atoms with Crippen LogP contribution in [0.5, 0.6) is 5.75 Å². The first kappa shape index (κ1) is 24.9. The quantitative estimate of drug-likeness (QED) is 0.543. The van der Waals surface area contributed by atoms with Crippen molar-refractivity contribution in [1.29, 1.82) is 0 Å². The molecule has 3 amide bonds. The van der Waals surface area contributed by atoms with E-state index in [4.69, 9.17) is 4.74 Å². The molecule has 0 bridgehead atoms. The van der Waals surface area contributed by atoms with Gasteiger partial charge in [-0.1, -0.05) is 24.3 Å². The number of likely N-dealkylation sites (tertiary alicyclic amines) is 2. The van der Waals surface area contributed by atoms with E-state index >= 15 is 0 Å². The Hall–Kier alpha value is -3.26. The molecule has 2 aromatic carbocycles. The van der Waals surface area contributed by atoms with E-state index in [-0.39, 0.29) is 48.8 Å². The minimum atomic E-state index is -1.26. The average Bonchev–Trinajstić information content (AvgIpc) is 3.42. The van der Waals surface area contributed by atoms with Gasteiger partial charge in [-0.2, -0.15) is 0 Å². The SMILES string of the molecule is COc1cccc([C@@]2(CC(=O)N3CC[C@H](c4ccc(F)cc4)C3)CC(=O)N(CCN(C)C)C2=O)c1. The van der Waals surface area contributed by atoms with Crippen molar-refractivity contribution in [3.05, 3.63) is 65.5 Å². The van der Waals surface area contributed by atoms with Gasteiger partial charge in [0.15, 0.2) is 0 Å². The fourth-order valence-corrected chi connectivity index (χ4v) is 5.08. The van der Waals surface area contributed by atoms with Gasteiger partial charge in [-0.25, -0.2) is 4.39 Å². The zero-order valence-electron chi connectivity index (χ0n) is 20.5. The highest BCUT2D eigenvalue weighted by atomic mass is 19.1. The van der Waals surface area contributed by atoms with Crippen LogP contribution < -0.4 is 4.74 Å². The fourth-order valence-electron chi connectivity index (χ4n) is 5.08. The van der Waals surface area contributed by atoms with Crippen LogP contribution in [0.3, 0.4) is 0 Å². The normalized spacial score (nSPS) is 22.4. The van der Waals surface area contributed by atoms with Gasteiger partial charge in [0, 0.05) is 44.9 Å². The van der Waals surface area contributed by atoms with Gasteiger partial charge in [0.25, 0.3) is 0 Å². The number of amides is 3. The van der Waals surface area contributed by atoms with Crippen LogP contribution in [-0.4, -0.2) is 79.8 Å². The molecule has 2 atom stereocenters. The lowest BCUT2D eigenvalue weighted by molar-refractivity contribution is -0.142. The summed E-state index contributed by atoms with van der Waals surface area (Å²) in [4.78, 5) is 45.3. The van der Waals surface area contributed by atoms with E-state index in [0.717, 1.165) is 12.0 Å². The number of benzene rings is 2. The lowest BCUT2D eigenvalue weighted by atomic mass is 9.75. The number of ether oxygens (including phenoxy) is 1. The van der Waals surface area contributed by atoms with Crippen LogP contribution in [0.15, 0.2) is 48.5 Å². The van der Waals surface area contributed by atoms with Crippen LogP contribution in [0.25, 0.3) is 0 Å². The lowest BCUT2D eigenvalue weighted by Crippen LogP contribution is -2.44. The minimum Gasteiger partial charge on any atom is -0.497 e. The van der Waals surface area contributed by atoms with Gasteiger partial charge in [0.05, 0.1) is 12.5 Å². The first-order chi connectivity index (χ1) is 16.7. The molecule has 2 heterocycles. The van der Waals surface area contributed by atoms with E-state index < -0.39 is 5.41 Å². The fraction of sp³-hybridized carbons (Fsp3) is 0.444. The first-order valence-corrected chi connectivity index (χ1v) is 11.9. The second-order valence-electron chi connectivity index (χ2n) is 9.70. The van der Waals surface area contributed by atoms with Crippen molar-refractivity contribution in [3.63, 3.8) is 0 Å². The summed E-state index contributed by atoms with van der Waals surface area (Å²) in [5.41, 5.74) is 0.347. The number of halogens is 1. The smallest absolute Gasteiger partial charge is 0.240 e. The first-order valence-electron chi connectivity index (χ1n) is 11.9. The monoisotopic (exact) mass is 481 g/mol. The van der Waals surface area contributed by atoms with E-state index in [2.05, 4.69) is 0 Å². The molecular weight excluding hydrogens is 449 g/mol. The van der Waals surface area contributed by atoms with E-state index in [1.807, 2.05) is 19.0 Å². The number of hydrogen-bond acceptors (Lipinski definition) is 5. The molecule has 2 aliphatic rings. The zero-order chi connectivity index (χ0) is 25.2. The van der Waals surface area contributed by atoms with Crippen LogP contribution in [-0.2, 0) is 19.8 Å². The Balaban J connectivity index is 1.59. The molecule has 186 valence electrons. The molecule has 0 saturated carbocycles. The largest absolute Gasteiger partial charge is 0.497 e. The third kappa shape index (κ3) is 5.07. The number of methoxy groups -OCH3 is 1. The summed E-state index contributed by atoms with van der Waals surface area (Å²) in [6.07, 6.45) is 0.637. The number of rotatable bonds is 8. The van der Waals surface area contributed by atoms with Crippen LogP contribution in [0.2, 0.25) is 0 Å². The van der Waals surface area contributed by atoms with Crippen molar-refractivity contribution in [2.75, 3.05) is 47.4 Å². The lowest BCUT2D eigenvalue weighted by Gasteiger charge is -2.29. The highest BCUT2D eigenvalue weighted by molar-refractivity contribution is 6.10. The van der Waals surface area contributed by atoms with Gasteiger partial charge in [0.2, 0.25) is 17.7 Å². The van der Waals surface area contributed by atoms with Crippen molar-refractivity contribution in [2.45, 2.75) is 30.6 Å². The molecule has 7 nitrogen and oxygen atoms in total. The number of likely N-dealkylation sites (N-methyl/N-ethyl adjacent to an activating group) is 1. The maximum absolute atomic E-state index is 13.8. The molecule has 4 rings (SSSR count). The second-order valence-corrected chi connectivity index (χ2v) is 9.70. The summed E-state index contributed by atoms with van der Waals surface area (Å²) in [5.74, 6) is -0.363. The molecule has 0 N–H and O–H groups in total. The molecule has 2 aromatic rings. The Morgan fingerprint density at radius 1 is 1.17 bits per heavy atom. The van der Waals surface area contributed by atoms with Gasteiger partial charge in [-0.3, -0.25) is 19.3 Å². The molecule has 35 heavy (non-hydrogen) atoms. The Labute approximate surface area is 205 Å². The molecule has 0 unspecified atom stereocenters. The van der Waals surface area contributed by atoms with Crippen molar-refractivity contribution in [2.24, 2.45) is 0 Å². The Morgan fingerprint density at radius 3 is 2.60 bits per heavy atom. The molecule has 0 radical (unpaired) electrons.